The van der Waals surface area contributed by atoms with Crippen molar-refractivity contribution in [2.75, 3.05) is 6.61 Å². The molecule has 0 aliphatic carbocycles. The van der Waals surface area contributed by atoms with Crippen LogP contribution in [0, 0.1) is 0 Å². The molecule has 3 nitrogen and oxygen atoms in total. The van der Waals surface area contributed by atoms with Crippen LogP contribution in [0.2, 0.25) is 0 Å². The second-order valence-corrected chi connectivity index (χ2v) is 11.1. The first-order valence-electron chi connectivity index (χ1n) is 11.0. The van der Waals surface area contributed by atoms with Gasteiger partial charge in [-0.05, 0) is 58.8 Å². The van der Waals surface area contributed by atoms with Crippen LogP contribution in [0.5, 0.6) is 0 Å². The van der Waals surface area contributed by atoms with Crippen LogP contribution in [0.4, 0.5) is 0 Å². The van der Waals surface area contributed by atoms with Crippen molar-refractivity contribution >= 4 is 10.1 Å². The van der Waals surface area contributed by atoms with Crippen LogP contribution >= 0.6 is 0 Å². The number of hydrogen-bond donors (Lipinski definition) is 0. The van der Waals surface area contributed by atoms with Crippen molar-refractivity contribution in [2.45, 2.75) is 83.8 Å². The fraction of sp³-hybridized carbons (Fsp3) is 0.538. The van der Waals surface area contributed by atoms with Gasteiger partial charge in [-0.15, -0.1) is 0 Å². The Morgan fingerprint density at radius 1 is 0.800 bits per heavy atom. The lowest BCUT2D eigenvalue weighted by molar-refractivity contribution is 0.311. The minimum Gasteiger partial charge on any atom is -0.270 e. The molecular formula is C26H38O3S. The average Bonchev–Trinajstić information content (AvgIpc) is 2.71. The van der Waals surface area contributed by atoms with Crippen molar-refractivity contribution in [2.24, 2.45) is 0 Å². The smallest absolute Gasteiger partial charge is 0.270 e. The summed E-state index contributed by atoms with van der Waals surface area (Å²) in [4.78, 5) is 0. The second-order valence-electron chi connectivity index (χ2n) is 9.51. The van der Waals surface area contributed by atoms with Crippen molar-refractivity contribution in [3.63, 3.8) is 0 Å². The Kier molecular flexibility index (Phi) is 8.29. The SMILES string of the molecule is CCC(C)(C)c1cc(CCCOS(=O)(=O)Cc2ccccc2)cc(C(C)(C)CC)c1. The Labute approximate surface area is 184 Å². The summed E-state index contributed by atoms with van der Waals surface area (Å²) in [7, 11) is -3.56. The van der Waals surface area contributed by atoms with Gasteiger partial charge in [0.2, 0.25) is 0 Å². The van der Waals surface area contributed by atoms with Crippen molar-refractivity contribution in [1.82, 2.24) is 0 Å². The molecule has 0 N–H and O–H groups in total. The van der Waals surface area contributed by atoms with Crippen LogP contribution in [0.25, 0.3) is 0 Å². The van der Waals surface area contributed by atoms with Crippen molar-refractivity contribution < 1.29 is 12.6 Å². The molecule has 2 rings (SSSR count). The van der Waals surface area contributed by atoms with Gasteiger partial charge in [0, 0.05) is 0 Å². The molecule has 166 valence electrons. The summed E-state index contributed by atoms with van der Waals surface area (Å²) in [5.74, 6) is -0.0805. The fourth-order valence-electron chi connectivity index (χ4n) is 3.31. The van der Waals surface area contributed by atoms with Crippen LogP contribution < -0.4 is 0 Å². The Hall–Kier alpha value is -1.65. The third-order valence-electron chi connectivity index (χ3n) is 6.38. The van der Waals surface area contributed by atoms with Crippen molar-refractivity contribution in [3.8, 4) is 0 Å². The minimum atomic E-state index is -3.56. The number of rotatable bonds is 11. The molecule has 0 spiro atoms. The molecule has 2 aromatic carbocycles. The maximum Gasteiger partial charge on any atom is 0.271 e. The van der Waals surface area contributed by atoms with Gasteiger partial charge in [-0.1, -0.05) is 90.1 Å². The lowest BCUT2D eigenvalue weighted by atomic mass is 9.75. The number of hydrogen-bond acceptors (Lipinski definition) is 3. The molecule has 0 aromatic heterocycles. The zero-order valence-electron chi connectivity index (χ0n) is 19.5. The quantitative estimate of drug-likeness (QED) is 0.300. The highest BCUT2D eigenvalue weighted by Gasteiger charge is 2.24. The summed E-state index contributed by atoms with van der Waals surface area (Å²) in [6, 6.07) is 16.1. The highest BCUT2D eigenvalue weighted by atomic mass is 32.2. The highest BCUT2D eigenvalue weighted by molar-refractivity contribution is 7.85. The van der Waals surface area contributed by atoms with E-state index in [2.05, 4.69) is 59.7 Å². The average molecular weight is 431 g/mol. The summed E-state index contributed by atoms with van der Waals surface area (Å²) in [6.45, 7) is 13.8. The summed E-state index contributed by atoms with van der Waals surface area (Å²) >= 11 is 0. The molecule has 0 unspecified atom stereocenters. The molecule has 2 aromatic rings. The van der Waals surface area contributed by atoms with Crippen LogP contribution in [-0.4, -0.2) is 15.0 Å². The molecular weight excluding hydrogens is 392 g/mol. The molecule has 0 atom stereocenters. The largest absolute Gasteiger partial charge is 0.271 e. The van der Waals surface area contributed by atoms with E-state index in [0.29, 0.717) is 6.42 Å². The molecule has 0 bridgehead atoms. The fourth-order valence-corrected chi connectivity index (χ4v) is 4.36. The topological polar surface area (TPSA) is 43.4 Å². The van der Waals surface area contributed by atoms with E-state index in [1.165, 1.54) is 16.7 Å². The van der Waals surface area contributed by atoms with Crippen LogP contribution in [0.3, 0.4) is 0 Å². The van der Waals surface area contributed by atoms with Crippen molar-refractivity contribution in [3.05, 3.63) is 70.8 Å². The van der Waals surface area contributed by atoms with Gasteiger partial charge < -0.3 is 0 Å². The Morgan fingerprint density at radius 2 is 1.33 bits per heavy atom. The van der Waals surface area contributed by atoms with E-state index >= 15 is 0 Å². The third-order valence-corrected chi connectivity index (χ3v) is 7.60. The molecule has 0 saturated heterocycles. The zero-order valence-corrected chi connectivity index (χ0v) is 20.3. The first-order chi connectivity index (χ1) is 14.0. The molecule has 0 fully saturated rings. The molecule has 0 heterocycles. The van der Waals surface area contributed by atoms with Gasteiger partial charge in [0.15, 0.2) is 0 Å². The summed E-state index contributed by atoms with van der Waals surface area (Å²) < 4.78 is 29.7. The summed E-state index contributed by atoms with van der Waals surface area (Å²) in [6.07, 6.45) is 3.63. The first kappa shape index (κ1) is 24.6. The monoisotopic (exact) mass is 430 g/mol. The molecule has 0 aliphatic rings. The van der Waals surface area contributed by atoms with E-state index in [-0.39, 0.29) is 23.2 Å². The third kappa shape index (κ3) is 6.95. The summed E-state index contributed by atoms with van der Waals surface area (Å²) in [5.41, 5.74) is 4.95. The molecule has 0 saturated carbocycles. The minimum absolute atomic E-state index is 0.0805. The second kappa shape index (κ2) is 10.1. The maximum absolute atomic E-state index is 12.2. The van der Waals surface area contributed by atoms with Gasteiger partial charge in [0.25, 0.3) is 10.1 Å². The van der Waals surface area contributed by atoms with Crippen LogP contribution in [0.15, 0.2) is 48.5 Å². The van der Waals surface area contributed by atoms with Gasteiger partial charge in [-0.25, -0.2) is 0 Å². The van der Waals surface area contributed by atoms with Gasteiger partial charge in [0.05, 0.1) is 6.61 Å². The first-order valence-corrected chi connectivity index (χ1v) is 12.6. The standard InChI is InChI=1S/C26H38O3S/c1-7-25(3,4)23-17-22(18-24(19-23)26(5,6)8-2)15-12-16-29-30(27,28)20-21-13-10-9-11-14-21/h9-11,13-14,17-19H,7-8,12,15-16,20H2,1-6H3. The normalized spacial score (nSPS) is 12.9. The van der Waals surface area contributed by atoms with E-state index in [1.807, 2.05) is 18.2 Å². The summed E-state index contributed by atoms with van der Waals surface area (Å²) in [5, 5.41) is 0. The van der Waals surface area contributed by atoms with E-state index in [0.717, 1.165) is 24.8 Å². The van der Waals surface area contributed by atoms with E-state index in [1.54, 1.807) is 12.1 Å². The molecule has 0 amide bonds. The maximum atomic E-state index is 12.2. The Balaban J connectivity index is 2.07. The van der Waals surface area contributed by atoms with E-state index < -0.39 is 10.1 Å². The lowest BCUT2D eigenvalue weighted by Crippen LogP contribution is -2.20. The van der Waals surface area contributed by atoms with E-state index in [4.69, 9.17) is 4.18 Å². The van der Waals surface area contributed by atoms with Gasteiger partial charge in [0.1, 0.15) is 5.75 Å². The van der Waals surface area contributed by atoms with Crippen LogP contribution in [-0.2, 0) is 37.3 Å². The predicted octanol–water partition coefficient (Wildman–Crippen LogP) is 6.54. The Bertz CT molecular complexity index is 878. The van der Waals surface area contributed by atoms with Gasteiger partial charge in [-0.2, -0.15) is 8.42 Å². The van der Waals surface area contributed by atoms with Crippen LogP contribution in [0.1, 0.15) is 83.1 Å². The van der Waals surface area contributed by atoms with Gasteiger partial charge in [-0.3, -0.25) is 4.18 Å². The van der Waals surface area contributed by atoms with Gasteiger partial charge >= 0.3 is 0 Å². The zero-order chi connectivity index (χ0) is 22.4. The van der Waals surface area contributed by atoms with E-state index in [9.17, 15) is 8.42 Å². The molecule has 0 radical (unpaired) electrons. The molecule has 0 aliphatic heterocycles. The lowest BCUT2D eigenvalue weighted by Gasteiger charge is -2.29. The number of benzene rings is 2. The Morgan fingerprint density at radius 3 is 1.83 bits per heavy atom. The highest BCUT2D eigenvalue weighted by Crippen LogP contribution is 2.34. The van der Waals surface area contributed by atoms with Crippen molar-refractivity contribution in [1.29, 1.82) is 0 Å². The molecule has 4 heteroatoms. The number of aryl methyl sites for hydroxylation is 1. The predicted molar refractivity (Wildman–Crippen MR) is 126 cm³/mol. The molecule has 30 heavy (non-hydrogen) atoms.